The van der Waals surface area contributed by atoms with Crippen LogP contribution in [0.2, 0.25) is 0 Å². The standard InChI is InChI=1S/C11H18N2O2S/c1-7(14)4-2-3-5-9-10-8(6-16-9)12-11(15)13-10/h8-10H,2-6H2,1H3,(H2,12,13,15)/t8-,9?,10?/m1/s1. The zero-order valence-corrected chi connectivity index (χ0v) is 10.3. The summed E-state index contributed by atoms with van der Waals surface area (Å²) in [6.45, 7) is 1.64. The van der Waals surface area contributed by atoms with Gasteiger partial charge in [-0.3, -0.25) is 0 Å². The number of fused-ring (bicyclic) bond motifs is 1. The second kappa shape index (κ2) is 5.08. The highest BCUT2D eigenvalue weighted by molar-refractivity contribution is 8.00. The summed E-state index contributed by atoms with van der Waals surface area (Å²) in [5, 5.41) is 6.43. The molecule has 2 amide bonds. The van der Waals surface area contributed by atoms with Gasteiger partial charge in [-0.2, -0.15) is 11.8 Å². The van der Waals surface area contributed by atoms with Gasteiger partial charge in [0.05, 0.1) is 12.1 Å². The average molecular weight is 242 g/mol. The van der Waals surface area contributed by atoms with Crippen LogP contribution >= 0.6 is 11.8 Å². The number of rotatable bonds is 5. The van der Waals surface area contributed by atoms with E-state index < -0.39 is 0 Å². The first-order valence-electron chi connectivity index (χ1n) is 5.85. The number of nitrogens with one attached hydrogen (secondary N) is 2. The van der Waals surface area contributed by atoms with Gasteiger partial charge < -0.3 is 15.4 Å². The minimum absolute atomic E-state index is 0.0240. The summed E-state index contributed by atoms with van der Waals surface area (Å²) < 4.78 is 0. The van der Waals surface area contributed by atoms with Crippen molar-refractivity contribution in [3.05, 3.63) is 0 Å². The molecule has 2 N–H and O–H groups in total. The highest BCUT2D eigenvalue weighted by Crippen LogP contribution is 2.33. The van der Waals surface area contributed by atoms with Crippen molar-refractivity contribution < 1.29 is 9.59 Å². The lowest BCUT2D eigenvalue weighted by molar-refractivity contribution is -0.117. The molecule has 2 rings (SSSR count). The van der Waals surface area contributed by atoms with E-state index in [4.69, 9.17) is 0 Å². The fourth-order valence-corrected chi connectivity index (χ4v) is 3.91. The van der Waals surface area contributed by atoms with E-state index in [0.29, 0.717) is 23.8 Å². The molecule has 2 heterocycles. The van der Waals surface area contributed by atoms with Crippen LogP contribution in [0.3, 0.4) is 0 Å². The molecule has 16 heavy (non-hydrogen) atoms. The Bertz CT molecular complexity index is 296. The number of carbonyl (C=O) groups excluding carboxylic acids is 2. The molecule has 2 fully saturated rings. The molecule has 0 spiro atoms. The number of carbonyl (C=O) groups is 2. The van der Waals surface area contributed by atoms with Gasteiger partial charge in [0.2, 0.25) is 0 Å². The van der Waals surface area contributed by atoms with Gasteiger partial charge in [0.25, 0.3) is 0 Å². The van der Waals surface area contributed by atoms with Crippen LogP contribution in [0.5, 0.6) is 0 Å². The number of unbranched alkanes of at least 4 members (excludes halogenated alkanes) is 1. The molecule has 4 nitrogen and oxygen atoms in total. The highest BCUT2D eigenvalue weighted by Gasteiger charge is 2.42. The molecule has 0 aromatic rings. The molecule has 0 aromatic heterocycles. The molecule has 2 saturated heterocycles. The average Bonchev–Trinajstić information content (AvgIpc) is 2.72. The van der Waals surface area contributed by atoms with E-state index >= 15 is 0 Å². The van der Waals surface area contributed by atoms with Crippen molar-refractivity contribution in [3.63, 3.8) is 0 Å². The van der Waals surface area contributed by atoms with Crippen molar-refractivity contribution >= 4 is 23.6 Å². The molecule has 0 saturated carbocycles. The molecule has 3 atom stereocenters. The Morgan fingerprint density at radius 3 is 3.00 bits per heavy atom. The highest BCUT2D eigenvalue weighted by atomic mass is 32.2. The topological polar surface area (TPSA) is 58.2 Å². The number of ketones is 1. The summed E-state index contributed by atoms with van der Waals surface area (Å²) in [5.41, 5.74) is 0. The molecule has 2 aliphatic heterocycles. The fourth-order valence-electron chi connectivity index (χ4n) is 2.36. The number of urea groups is 1. The molecule has 5 heteroatoms. The third-order valence-corrected chi connectivity index (χ3v) is 4.71. The van der Waals surface area contributed by atoms with Gasteiger partial charge >= 0.3 is 6.03 Å². The van der Waals surface area contributed by atoms with Crippen molar-refractivity contribution in [1.29, 1.82) is 0 Å². The van der Waals surface area contributed by atoms with Crippen molar-refractivity contribution in [1.82, 2.24) is 10.6 Å². The molecule has 0 aromatic carbocycles. The zero-order chi connectivity index (χ0) is 11.5. The van der Waals surface area contributed by atoms with E-state index in [1.54, 1.807) is 6.92 Å². The lowest BCUT2D eigenvalue weighted by atomic mass is 10.0. The summed E-state index contributed by atoms with van der Waals surface area (Å²) in [5.74, 6) is 1.29. The van der Waals surface area contributed by atoms with E-state index in [0.717, 1.165) is 25.0 Å². The Morgan fingerprint density at radius 1 is 1.44 bits per heavy atom. The second-order valence-electron chi connectivity index (χ2n) is 4.57. The summed E-state index contributed by atoms with van der Waals surface area (Å²) in [4.78, 5) is 21.9. The smallest absolute Gasteiger partial charge is 0.315 e. The van der Waals surface area contributed by atoms with E-state index in [-0.39, 0.29) is 11.8 Å². The lowest BCUT2D eigenvalue weighted by Crippen LogP contribution is -2.36. The Labute approximate surface area is 99.9 Å². The summed E-state index contributed by atoms with van der Waals surface area (Å²) >= 11 is 1.93. The molecule has 90 valence electrons. The normalized spacial score (nSPS) is 32.1. The first-order valence-corrected chi connectivity index (χ1v) is 6.90. The molecule has 0 bridgehead atoms. The van der Waals surface area contributed by atoms with Crippen LogP contribution in [-0.4, -0.2) is 34.9 Å². The zero-order valence-electron chi connectivity index (χ0n) is 9.49. The summed E-state index contributed by atoms with van der Waals surface area (Å²) in [6.07, 6.45) is 3.85. The number of Topliss-reactive ketones (excluding diaryl/α,β-unsaturated/α-hetero) is 1. The quantitative estimate of drug-likeness (QED) is 0.564. The Morgan fingerprint density at radius 2 is 2.25 bits per heavy atom. The molecule has 0 radical (unpaired) electrons. The predicted molar refractivity (Wildman–Crippen MR) is 64.6 cm³/mol. The Kier molecular flexibility index (Phi) is 3.74. The van der Waals surface area contributed by atoms with Crippen LogP contribution in [0.1, 0.15) is 32.6 Å². The first-order chi connectivity index (χ1) is 7.66. The van der Waals surface area contributed by atoms with Crippen molar-refractivity contribution in [2.75, 3.05) is 5.75 Å². The SMILES string of the molecule is CC(=O)CCCCC1SC[C@H]2NC(=O)NC12. The van der Waals surface area contributed by atoms with E-state index in [9.17, 15) is 9.59 Å². The second-order valence-corrected chi connectivity index (χ2v) is 5.84. The third kappa shape index (κ3) is 2.70. The fraction of sp³-hybridized carbons (Fsp3) is 0.818. The van der Waals surface area contributed by atoms with Crippen LogP contribution < -0.4 is 10.6 Å². The number of hydrogen-bond donors (Lipinski definition) is 2. The minimum atomic E-state index is -0.0240. The van der Waals surface area contributed by atoms with Gasteiger partial charge in [-0.1, -0.05) is 6.42 Å². The van der Waals surface area contributed by atoms with E-state index in [2.05, 4.69) is 10.6 Å². The maximum absolute atomic E-state index is 11.1. The summed E-state index contributed by atoms with van der Waals surface area (Å²) in [7, 11) is 0. The number of hydrogen-bond acceptors (Lipinski definition) is 3. The minimum Gasteiger partial charge on any atom is -0.332 e. The molecular weight excluding hydrogens is 224 g/mol. The number of thioether (sulfide) groups is 1. The molecule has 2 aliphatic rings. The van der Waals surface area contributed by atoms with E-state index in [1.165, 1.54) is 0 Å². The first kappa shape index (κ1) is 11.8. The third-order valence-electron chi connectivity index (χ3n) is 3.21. The molecule has 0 aliphatic carbocycles. The Balaban J connectivity index is 1.70. The Hall–Kier alpha value is -0.710. The van der Waals surface area contributed by atoms with Gasteiger partial charge in [-0.05, 0) is 19.8 Å². The predicted octanol–water partition coefficient (Wildman–Crippen LogP) is 1.30. The van der Waals surface area contributed by atoms with E-state index in [1.807, 2.05) is 11.8 Å². The van der Waals surface area contributed by atoms with Crippen molar-refractivity contribution in [3.8, 4) is 0 Å². The van der Waals surface area contributed by atoms with Gasteiger partial charge in [0.15, 0.2) is 0 Å². The molecular formula is C11H18N2O2S. The van der Waals surface area contributed by atoms with Gasteiger partial charge in [0.1, 0.15) is 5.78 Å². The van der Waals surface area contributed by atoms with Crippen LogP contribution in [0, 0.1) is 0 Å². The van der Waals surface area contributed by atoms with Crippen LogP contribution in [-0.2, 0) is 4.79 Å². The van der Waals surface area contributed by atoms with Gasteiger partial charge in [-0.15, -0.1) is 0 Å². The van der Waals surface area contributed by atoms with Crippen LogP contribution in [0.25, 0.3) is 0 Å². The monoisotopic (exact) mass is 242 g/mol. The van der Waals surface area contributed by atoms with Crippen molar-refractivity contribution in [2.45, 2.75) is 49.9 Å². The lowest BCUT2D eigenvalue weighted by Gasteiger charge is -2.16. The van der Waals surface area contributed by atoms with Gasteiger partial charge in [0, 0.05) is 17.4 Å². The maximum Gasteiger partial charge on any atom is 0.315 e. The largest absolute Gasteiger partial charge is 0.332 e. The van der Waals surface area contributed by atoms with Crippen LogP contribution in [0.4, 0.5) is 4.79 Å². The van der Waals surface area contributed by atoms with Crippen molar-refractivity contribution in [2.24, 2.45) is 0 Å². The molecule has 2 unspecified atom stereocenters. The maximum atomic E-state index is 11.1. The van der Waals surface area contributed by atoms with Gasteiger partial charge in [-0.25, -0.2) is 4.79 Å². The van der Waals surface area contributed by atoms with Crippen LogP contribution in [0.15, 0.2) is 0 Å². The summed E-state index contributed by atoms with van der Waals surface area (Å²) in [6, 6.07) is 0.592. The number of amides is 2.